The molecular weight excluding hydrogens is 246 g/mol. The largest absolute Gasteiger partial charge is 0.492 e. The minimum absolute atomic E-state index is 0.304. The average molecular weight is 254 g/mol. The first-order valence-electron chi connectivity index (χ1n) is 4.92. The average Bonchev–Trinajstić information content (AvgIpc) is 2.30. The van der Waals surface area contributed by atoms with Gasteiger partial charge in [-0.05, 0) is 18.6 Å². The number of para-hydroxylation sites is 1. The molecule has 2 rings (SSSR count). The second kappa shape index (κ2) is 4.10. The molecule has 0 amide bonds. The Morgan fingerprint density at radius 1 is 1.28 bits per heavy atom. The zero-order valence-corrected chi connectivity index (χ0v) is 9.20. The number of aromatic hydroxyl groups is 1. The van der Waals surface area contributed by atoms with Crippen LogP contribution in [0.5, 0.6) is 5.88 Å². The molecule has 1 aromatic carbocycles. The summed E-state index contributed by atoms with van der Waals surface area (Å²) in [7, 11) is 0. The van der Waals surface area contributed by atoms with Gasteiger partial charge in [-0.15, -0.1) is 0 Å². The summed E-state index contributed by atoms with van der Waals surface area (Å²) in [5, 5.41) is 9.46. The molecule has 1 heterocycles. The molecule has 0 unspecified atom stereocenters. The molecule has 94 valence electrons. The quantitative estimate of drug-likeness (QED) is 0.791. The highest BCUT2D eigenvalue weighted by Crippen LogP contribution is 2.21. The third-order valence-electron chi connectivity index (χ3n) is 2.44. The molecule has 0 aliphatic carbocycles. The third-order valence-corrected chi connectivity index (χ3v) is 2.44. The van der Waals surface area contributed by atoms with E-state index >= 15 is 0 Å². The van der Waals surface area contributed by atoms with Crippen LogP contribution in [-0.2, 0) is 0 Å². The van der Waals surface area contributed by atoms with E-state index in [1.54, 1.807) is 4.98 Å². The van der Waals surface area contributed by atoms with Crippen LogP contribution in [0.15, 0.2) is 27.8 Å². The van der Waals surface area contributed by atoms with Crippen molar-refractivity contribution in [3.05, 3.63) is 56.2 Å². The van der Waals surface area contributed by atoms with E-state index < -0.39 is 28.8 Å². The standard InChI is InChI=1S/C11H8F2N2O3/c1-5-3-2-4-6(12)8(5)15-10(17)7(13)9(16)14-11(15)18/h2-4,17H,1H3,(H,14,16,18). The van der Waals surface area contributed by atoms with E-state index in [-0.39, 0.29) is 5.69 Å². The van der Waals surface area contributed by atoms with Gasteiger partial charge in [0.15, 0.2) is 0 Å². The first-order valence-corrected chi connectivity index (χ1v) is 4.92. The summed E-state index contributed by atoms with van der Waals surface area (Å²) < 4.78 is 27.3. The number of halogens is 2. The fraction of sp³-hybridized carbons (Fsp3) is 0.0909. The van der Waals surface area contributed by atoms with Crippen LogP contribution in [-0.4, -0.2) is 14.7 Å². The van der Waals surface area contributed by atoms with Gasteiger partial charge in [-0.1, -0.05) is 12.1 Å². The lowest BCUT2D eigenvalue weighted by Crippen LogP contribution is -2.31. The molecule has 0 saturated heterocycles. The van der Waals surface area contributed by atoms with E-state index in [4.69, 9.17) is 0 Å². The third kappa shape index (κ3) is 1.69. The molecule has 0 fully saturated rings. The second-order valence-electron chi connectivity index (χ2n) is 3.64. The number of nitrogens with zero attached hydrogens (tertiary/aromatic N) is 1. The summed E-state index contributed by atoms with van der Waals surface area (Å²) in [6.45, 7) is 1.48. The Hall–Kier alpha value is -2.44. The van der Waals surface area contributed by atoms with Gasteiger partial charge >= 0.3 is 5.69 Å². The number of aromatic amines is 1. The van der Waals surface area contributed by atoms with Gasteiger partial charge in [0.2, 0.25) is 11.7 Å². The Balaban J connectivity index is 2.93. The molecule has 7 heteroatoms. The number of H-pyrrole nitrogens is 1. The molecule has 2 aromatic rings. The van der Waals surface area contributed by atoms with Gasteiger partial charge in [-0.3, -0.25) is 9.78 Å². The lowest BCUT2D eigenvalue weighted by molar-refractivity contribution is 0.383. The minimum atomic E-state index is -1.54. The van der Waals surface area contributed by atoms with E-state index in [0.717, 1.165) is 6.07 Å². The number of aromatic nitrogens is 2. The van der Waals surface area contributed by atoms with Crippen molar-refractivity contribution < 1.29 is 13.9 Å². The Kier molecular flexibility index (Phi) is 2.74. The van der Waals surface area contributed by atoms with Crippen molar-refractivity contribution in [2.75, 3.05) is 0 Å². The fourth-order valence-corrected chi connectivity index (χ4v) is 1.62. The Morgan fingerprint density at radius 2 is 1.94 bits per heavy atom. The van der Waals surface area contributed by atoms with Gasteiger partial charge in [-0.2, -0.15) is 4.39 Å². The number of benzene rings is 1. The van der Waals surface area contributed by atoms with Crippen LogP contribution in [0.2, 0.25) is 0 Å². The number of rotatable bonds is 1. The van der Waals surface area contributed by atoms with Crippen molar-refractivity contribution >= 4 is 0 Å². The SMILES string of the molecule is Cc1cccc(F)c1-n1c(O)c(F)c(=O)[nH]c1=O. The van der Waals surface area contributed by atoms with Gasteiger partial charge in [0.05, 0.1) is 5.69 Å². The molecule has 0 aliphatic heterocycles. The van der Waals surface area contributed by atoms with E-state index in [2.05, 4.69) is 0 Å². The molecule has 0 saturated carbocycles. The summed E-state index contributed by atoms with van der Waals surface area (Å²) in [6, 6.07) is 3.93. The van der Waals surface area contributed by atoms with E-state index in [9.17, 15) is 23.5 Å². The molecule has 0 spiro atoms. The highest BCUT2D eigenvalue weighted by Gasteiger charge is 2.18. The molecule has 1 aromatic heterocycles. The van der Waals surface area contributed by atoms with E-state index in [1.165, 1.54) is 19.1 Å². The zero-order chi connectivity index (χ0) is 13.4. The van der Waals surface area contributed by atoms with Crippen LogP contribution in [0.4, 0.5) is 8.78 Å². The summed E-state index contributed by atoms with van der Waals surface area (Å²) >= 11 is 0. The van der Waals surface area contributed by atoms with Crippen LogP contribution in [0.3, 0.4) is 0 Å². The highest BCUT2D eigenvalue weighted by molar-refractivity contribution is 5.43. The van der Waals surface area contributed by atoms with Crippen LogP contribution in [0.1, 0.15) is 5.56 Å². The number of hydrogen-bond acceptors (Lipinski definition) is 3. The Bertz CT molecular complexity index is 714. The predicted octanol–water partition coefficient (Wildman–Crippen LogP) is 0.818. The van der Waals surface area contributed by atoms with Crippen LogP contribution in [0.25, 0.3) is 5.69 Å². The summed E-state index contributed by atoms with van der Waals surface area (Å²) in [4.78, 5) is 24.1. The van der Waals surface area contributed by atoms with Crippen LogP contribution in [0, 0.1) is 18.6 Å². The zero-order valence-electron chi connectivity index (χ0n) is 9.20. The summed E-state index contributed by atoms with van der Waals surface area (Å²) in [5.74, 6) is -3.59. The lowest BCUT2D eigenvalue weighted by atomic mass is 10.2. The first-order chi connectivity index (χ1) is 8.43. The van der Waals surface area contributed by atoms with Crippen molar-refractivity contribution in [3.63, 3.8) is 0 Å². The van der Waals surface area contributed by atoms with Gasteiger partial charge in [0, 0.05) is 0 Å². The van der Waals surface area contributed by atoms with E-state index in [0.29, 0.717) is 10.1 Å². The molecule has 2 N–H and O–H groups in total. The van der Waals surface area contributed by atoms with Crippen molar-refractivity contribution in [1.29, 1.82) is 0 Å². The number of hydrogen-bond donors (Lipinski definition) is 2. The molecule has 0 aliphatic rings. The van der Waals surface area contributed by atoms with E-state index in [1.807, 2.05) is 0 Å². The maximum Gasteiger partial charge on any atom is 0.336 e. The fourth-order valence-electron chi connectivity index (χ4n) is 1.62. The molecular formula is C11H8F2N2O3. The maximum atomic E-state index is 13.6. The number of nitrogens with one attached hydrogen (secondary N) is 1. The van der Waals surface area contributed by atoms with Gasteiger partial charge in [0.1, 0.15) is 5.82 Å². The van der Waals surface area contributed by atoms with Crippen molar-refractivity contribution in [3.8, 4) is 11.6 Å². The number of aryl methyl sites for hydroxylation is 1. The van der Waals surface area contributed by atoms with Crippen molar-refractivity contribution in [2.24, 2.45) is 0 Å². The second-order valence-corrected chi connectivity index (χ2v) is 3.64. The monoisotopic (exact) mass is 254 g/mol. The lowest BCUT2D eigenvalue weighted by Gasteiger charge is -2.11. The summed E-state index contributed by atoms with van der Waals surface area (Å²) in [6.07, 6.45) is 0. The topological polar surface area (TPSA) is 75.1 Å². The van der Waals surface area contributed by atoms with Gasteiger partial charge < -0.3 is 5.11 Å². The molecule has 18 heavy (non-hydrogen) atoms. The highest BCUT2D eigenvalue weighted by atomic mass is 19.1. The Labute approximate surface area is 99.0 Å². The Morgan fingerprint density at radius 3 is 2.56 bits per heavy atom. The van der Waals surface area contributed by atoms with Crippen LogP contribution < -0.4 is 11.2 Å². The molecule has 0 radical (unpaired) electrons. The summed E-state index contributed by atoms with van der Waals surface area (Å²) in [5.41, 5.74) is -2.48. The predicted molar refractivity (Wildman–Crippen MR) is 59.0 cm³/mol. The van der Waals surface area contributed by atoms with Crippen LogP contribution >= 0.6 is 0 Å². The molecule has 0 atom stereocenters. The maximum absolute atomic E-state index is 13.6. The van der Waals surface area contributed by atoms with Gasteiger partial charge in [-0.25, -0.2) is 13.8 Å². The van der Waals surface area contributed by atoms with Gasteiger partial charge in [0.25, 0.3) is 5.56 Å². The van der Waals surface area contributed by atoms with Crippen molar-refractivity contribution in [1.82, 2.24) is 9.55 Å². The normalized spacial score (nSPS) is 10.6. The van der Waals surface area contributed by atoms with Crippen molar-refractivity contribution in [2.45, 2.75) is 6.92 Å². The molecule has 0 bridgehead atoms. The first kappa shape index (κ1) is 12.0. The molecule has 5 nitrogen and oxygen atoms in total. The minimum Gasteiger partial charge on any atom is -0.492 e. The smallest absolute Gasteiger partial charge is 0.336 e.